The second-order valence-corrected chi connectivity index (χ2v) is 7.19. The summed E-state index contributed by atoms with van der Waals surface area (Å²) in [7, 11) is 0. The number of anilines is 1. The van der Waals surface area contributed by atoms with Crippen LogP contribution < -0.4 is 5.32 Å². The van der Waals surface area contributed by atoms with Crippen LogP contribution in [0.3, 0.4) is 0 Å². The van der Waals surface area contributed by atoms with Crippen molar-refractivity contribution in [1.29, 1.82) is 0 Å². The predicted octanol–water partition coefficient (Wildman–Crippen LogP) is 3.90. The second-order valence-electron chi connectivity index (χ2n) is 7.19. The summed E-state index contributed by atoms with van der Waals surface area (Å²) in [5.41, 5.74) is 1.96. The minimum absolute atomic E-state index is 0.206. The fraction of sp³-hybridized carbons (Fsp3) is 0.400. The van der Waals surface area contributed by atoms with Gasteiger partial charge in [-0.25, -0.2) is 9.98 Å². The van der Waals surface area contributed by atoms with Crippen molar-refractivity contribution >= 4 is 34.6 Å². The van der Waals surface area contributed by atoms with E-state index in [1.807, 2.05) is 24.3 Å². The summed E-state index contributed by atoms with van der Waals surface area (Å²) in [6.07, 6.45) is 9.55. The third-order valence-corrected chi connectivity index (χ3v) is 5.44. The zero-order valence-corrected chi connectivity index (χ0v) is 14.4. The molecule has 1 aromatic heterocycles. The molecular formula is C20H20N4O2. The van der Waals surface area contributed by atoms with Crippen LogP contribution in [0, 0.1) is 5.92 Å². The van der Waals surface area contributed by atoms with Crippen molar-refractivity contribution < 1.29 is 9.21 Å². The number of Topliss-reactive ketones (excluding diaryl/α,β-unsaturated/α-hetero) is 1. The highest BCUT2D eigenvalue weighted by molar-refractivity contribution is 6.15. The minimum Gasteiger partial charge on any atom is -0.423 e. The molecule has 2 aromatic rings. The number of hydrogen-bond donors (Lipinski definition) is 1. The molecule has 1 unspecified atom stereocenters. The lowest BCUT2D eigenvalue weighted by atomic mass is 9.68. The van der Waals surface area contributed by atoms with E-state index in [4.69, 9.17) is 9.41 Å². The molecule has 2 heterocycles. The van der Waals surface area contributed by atoms with Gasteiger partial charge in [-0.3, -0.25) is 10.1 Å². The van der Waals surface area contributed by atoms with E-state index < -0.39 is 5.54 Å². The van der Waals surface area contributed by atoms with Gasteiger partial charge in [0.25, 0.3) is 0 Å². The summed E-state index contributed by atoms with van der Waals surface area (Å²) in [6.45, 7) is 0. The highest BCUT2D eigenvalue weighted by Gasteiger charge is 2.48. The third-order valence-electron chi connectivity index (χ3n) is 5.44. The largest absolute Gasteiger partial charge is 0.423 e. The van der Waals surface area contributed by atoms with Gasteiger partial charge in [0.15, 0.2) is 5.58 Å². The Balaban J connectivity index is 1.54. The van der Waals surface area contributed by atoms with Crippen LogP contribution in [0.15, 0.2) is 50.8 Å². The van der Waals surface area contributed by atoms with Crippen LogP contribution in [0.4, 0.5) is 6.01 Å². The molecule has 6 heteroatoms. The van der Waals surface area contributed by atoms with Crippen molar-refractivity contribution in [3.8, 4) is 0 Å². The van der Waals surface area contributed by atoms with Gasteiger partial charge in [-0.1, -0.05) is 24.3 Å². The quantitative estimate of drug-likeness (QED) is 0.793. The normalized spacial score (nSPS) is 28.0. The van der Waals surface area contributed by atoms with Crippen molar-refractivity contribution in [2.45, 2.75) is 44.1 Å². The summed E-state index contributed by atoms with van der Waals surface area (Å²) < 4.78 is 5.75. The molecule has 6 nitrogen and oxygen atoms in total. The van der Waals surface area contributed by atoms with Crippen LogP contribution in [0.25, 0.3) is 11.1 Å². The predicted molar refractivity (Wildman–Crippen MR) is 101 cm³/mol. The lowest BCUT2D eigenvalue weighted by Gasteiger charge is -2.41. The summed E-state index contributed by atoms with van der Waals surface area (Å²) in [4.78, 5) is 26.6. The number of fused-ring (bicyclic) bond motifs is 3. The maximum Gasteiger partial charge on any atom is 0.302 e. The van der Waals surface area contributed by atoms with E-state index in [2.05, 4.69) is 27.4 Å². The van der Waals surface area contributed by atoms with Crippen molar-refractivity contribution in [2.24, 2.45) is 15.9 Å². The first-order chi connectivity index (χ1) is 12.7. The Kier molecular flexibility index (Phi) is 3.51. The number of nitrogens with zero attached hydrogens (tertiary/aromatic N) is 3. The first kappa shape index (κ1) is 15.5. The van der Waals surface area contributed by atoms with E-state index in [0.29, 0.717) is 18.4 Å². The van der Waals surface area contributed by atoms with E-state index in [1.54, 1.807) is 0 Å². The SMILES string of the molecule is O=C1CCCC2=NC(Nc3nc4ccccc4o3)=N[C@@]3(C=CCCC3)C12. The van der Waals surface area contributed by atoms with E-state index in [1.165, 1.54) is 0 Å². The van der Waals surface area contributed by atoms with Crippen molar-refractivity contribution in [3.63, 3.8) is 0 Å². The van der Waals surface area contributed by atoms with Crippen molar-refractivity contribution in [2.75, 3.05) is 5.32 Å². The molecule has 1 aliphatic heterocycles. The number of rotatable bonds is 1. The van der Waals surface area contributed by atoms with Crippen LogP contribution in [-0.2, 0) is 4.79 Å². The van der Waals surface area contributed by atoms with Gasteiger partial charge >= 0.3 is 6.01 Å². The Morgan fingerprint density at radius 1 is 1.19 bits per heavy atom. The van der Waals surface area contributed by atoms with Gasteiger partial charge in [-0.05, 0) is 44.2 Å². The van der Waals surface area contributed by atoms with Crippen LogP contribution in [-0.4, -0.2) is 28.0 Å². The first-order valence-electron chi connectivity index (χ1n) is 9.24. The first-order valence-corrected chi connectivity index (χ1v) is 9.24. The smallest absolute Gasteiger partial charge is 0.302 e. The molecule has 1 fully saturated rings. The number of hydrogen-bond acceptors (Lipinski definition) is 6. The summed E-state index contributed by atoms with van der Waals surface area (Å²) >= 11 is 0. The second kappa shape index (κ2) is 5.90. The molecule has 1 saturated carbocycles. The van der Waals surface area contributed by atoms with Crippen molar-refractivity contribution in [3.05, 3.63) is 36.4 Å². The number of benzene rings is 1. The standard InChI is InChI=1S/C20H20N4O2/c25-15-9-6-8-14-17(15)20(11-4-1-5-12-20)24-18(21-14)23-19-22-13-7-2-3-10-16(13)26-19/h2-4,7,10-11,17H,1,5-6,8-9,12H2,(H,22,23,24)/t17?,20-/m1/s1. The molecule has 0 bridgehead atoms. The lowest BCUT2D eigenvalue weighted by molar-refractivity contribution is -0.122. The molecule has 1 spiro atoms. The molecule has 2 aliphatic carbocycles. The molecule has 132 valence electrons. The van der Waals surface area contributed by atoms with Gasteiger partial charge in [0.1, 0.15) is 11.3 Å². The summed E-state index contributed by atoms with van der Waals surface area (Å²) in [5.74, 6) is 0.553. The molecule has 0 radical (unpaired) electrons. The highest BCUT2D eigenvalue weighted by atomic mass is 16.4. The Labute approximate surface area is 151 Å². The molecule has 0 saturated heterocycles. The molecule has 1 N–H and O–H groups in total. The van der Waals surface area contributed by atoms with Gasteiger partial charge in [0, 0.05) is 12.1 Å². The zero-order valence-electron chi connectivity index (χ0n) is 14.4. The van der Waals surface area contributed by atoms with E-state index in [-0.39, 0.29) is 11.7 Å². The fourth-order valence-electron chi connectivity index (χ4n) is 4.31. The summed E-state index contributed by atoms with van der Waals surface area (Å²) in [5, 5.41) is 3.13. The molecule has 1 aromatic carbocycles. The number of oxazole rings is 1. The molecule has 26 heavy (non-hydrogen) atoms. The third kappa shape index (κ3) is 2.48. The van der Waals surface area contributed by atoms with Gasteiger partial charge in [-0.2, -0.15) is 4.98 Å². The molecule has 0 amide bonds. The van der Waals surface area contributed by atoms with E-state index in [9.17, 15) is 4.79 Å². The van der Waals surface area contributed by atoms with Crippen LogP contribution in [0.5, 0.6) is 0 Å². The Hall–Kier alpha value is -2.76. The zero-order chi connectivity index (χ0) is 17.6. The Bertz CT molecular complexity index is 938. The number of carbonyl (C=O) groups excluding carboxylic acids is 1. The number of carbonyl (C=O) groups is 1. The van der Waals surface area contributed by atoms with Crippen molar-refractivity contribution in [1.82, 2.24) is 4.98 Å². The Morgan fingerprint density at radius 3 is 2.96 bits per heavy atom. The van der Waals surface area contributed by atoms with Crippen LogP contribution in [0.1, 0.15) is 38.5 Å². The number of guanidine groups is 1. The van der Waals surface area contributed by atoms with E-state index >= 15 is 0 Å². The molecule has 3 aliphatic rings. The maximum absolute atomic E-state index is 12.6. The highest BCUT2D eigenvalue weighted by Crippen LogP contribution is 2.41. The monoisotopic (exact) mass is 348 g/mol. The summed E-state index contributed by atoms with van der Waals surface area (Å²) in [6, 6.07) is 8.00. The number of aliphatic imine (C=N–C) groups is 2. The van der Waals surface area contributed by atoms with Crippen LogP contribution in [0.2, 0.25) is 0 Å². The average Bonchev–Trinajstić information content (AvgIpc) is 3.04. The number of allylic oxidation sites excluding steroid dienone is 1. The van der Waals surface area contributed by atoms with Gasteiger partial charge in [0.05, 0.1) is 11.5 Å². The average molecular weight is 348 g/mol. The number of nitrogens with one attached hydrogen (secondary N) is 1. The van der Waals surface area contributed by atoms with Gasteiger partial charge in [-0.15, -0.1) is 0 Å². The molecule has 2 atom stereocenters. The maximum atomic E-state index is 12.6. The van der Waals surface area contributed by atoms with Crippen LogP contribution >= 0.6 is 0 Å². The Morgan fingerprint density at radius 2 is 2.12 bits per heavy atom. The number of aromatic nitrogens is 1. The number of ketones is 1. The molecule has 5 rings (SSSR count). The number of para-hydroxylation sites is 2. The van der Waals surface area contributed by atoms with E-state index in [0.717, 1.165) is 48.9 Å². The lowest BCUT2D eigenvalue weighted by Crippen LogP contribution is -2.50. The topological polar surface area (TPSA) is 79.9 Å². The van der Waals surface area contributed by atoms with Gasteiger partial charge < -0.3 is 4.42 Å². The fourth-order valence-corrected chi connectivity index (χ4v) is 4.31. The minimum atomic E-state index is -0.499. The van der Waals surface area contributed by atoms with Gasteiger partial charge in [0.2, 0.25) is 5.96 Å². The molecular weight excluding hydrogens is 328 g/mol.